The first kappa shape index (κ1) is 30.7. The molecule has 2 atom stereocenters. The van der Waals surface area contributed by atoms with E-state index in [1.807, 2.05) is 34.8 Å². The molecule has 3 nitrogen and oxygen atoms in total. The van der Waals surface area contributed by atoms with Crippen molar-refractivity contribution < 1.29 is 0 Å². The van der Waals surface area contributed by atoms with Gasteiger partial charge in [0.15, 0.2) is 0 Å². The quantitative estimate of drug-likeness (QED) is 0.182. The lowest BCUT2D eigenvalue weighted by Crippen LogP contribution is -2.30. The molecule has 5 heteroatoms. The second-order valence-electron chi connectivity index (χ2n) is 14.6. The molecule has 7 aromatic carbocycles. The van der Waals surface area contributed by atoms with Crippen molar-refractivity contribution in [2.45, 2.75) is 11.3 Å². The fourth-order valence-electron chi connectivity index (χ4n) is 9.78. The minimum atomic E-state index is -0.779. The second kappa shape index (κ2) is 11.1. The van der Waals surface area contributed by atoms with Crippen LogP contribution in [0.25, 0.3) is 79.0 Å². The van der Waals surface area contributed by atoms with Gasteiger partial charge in [0.2, 0.25) is 0 Å². The van der Waals surface area contributed by atoms with Crippen LogP contribution in [0.15, 0.2) is 163 Å². The Labute approximate surface area is 324 Å². The molecule has 0 saturated carbocycles. The van der Waals surface area contributed by atoms with E-state index in [9.17, 15) is 10.5 Å². The molecule has 0 bridgehead atoms. The summed E-state index contributed by atoms with van der Waals surface area (Å²) in [5.74, 6) is -0.148. The number of thiophene rings is 2. The Balaban J connectivity index is 1.20. The molecule has 2 aliphatic rings. The Morgan fingerprint density at radius 3 is 2.05 bits per heavy atom. The van der Waals surface area contributed by atoms with Crippen molar-refractivity contribution in [3.63, 3.8) is 0 Å². The van der Waals surface area contributed by atoms with Gasteiger partial charge >= 0.3 is 0 Å². The third-order valence-electron chi connectivity index (χ3n) is 12.0. The third kappa shape index (κ3) is 4.01. The van der Waals surface area contributed by atoms with E-state index in [0.29, 0.717) is 11.1 Å². The van der Waals surface area contributed by atoms with Crippen molar-refractivity contribution in [2.24, 2.45) is 0 Å². The van der Waals surface area contributed by atoms with Crippen molar-refractivity contribution in [3.05, 3.63) is 186 Å². The summed E-state index contributed by atoms with van der Waals surface area (Å²) in [5.41, 5.74) is 9.62. The van der Waals surface area contributed by atoms with E-state index in [1.165, 1.54) is 73.4 Å². The van der Waals surface area contributed by atoms with Crippen molar-refractivity contribution in [1.29, 1.82) is 10.5 Å². The van der Waals surface area contributed by atoms with Crippen LogP contribution < -0.4 is 0 Å². The van der Waals surface area contributed by atoms with Gasteiger partial charge < -0.3 is 4.57 Å². The lowest BCUT2D eigenvalue weighted by atomic mass is 9.66. The number of rotatable bonds is 3. The number of para-hydroxylation sites is 1. The molecule has 254 valence electrons. The summed E-state index contributed by atoms with van der Waals surface area (Å²) in [6.45, 7) is 0. The van der Waals surface area contributed by atoms with Crippen molar-refractivity contribution in [2.75, 3.05) is 0 Å². The smallest absolute Gasteiger partial charge is 0.0991 e. The Morgan fingerprint density at radius 1 is 0.582 bits per heavy atom. The van der Waals surface area contributed by atoms with Gasteiger partial charge in [-0.1, -0.05) is 109 Å². The minimum Gasteiger partial charge on any atom is -0.309 e. The molecule has 2 aliphatic carbocycles. The van der Waals surface area contributed by atoms with Crippen molar-refractivity contribution in [1.82, 2.24) is 4.57 Å². The number of nitriles is 2. The largest absolute Gasteiger partial charge is 0.309 e. The van der Waals surface area contributed by atoms with E-state index in [-0.39, 0.29) is 5.92 Å². The van der Waals surface area contributed by atoms with Crippen LogP contribution in [0.2, 0.25) is 0 Å². The molecule has 0 spiro atoms. The van der Waals surface area contributed by atoms with Crippen molar-refractivity contribution in [3.8, 4) is 29.0 Å². The molecule has 0 aliphatic heterocycles. The second-order valence-corrected chi connectivity index (χ2v) is 16.7. The lowest BCUT2D eigenvalue weighted by Gasteiger charge is -2.36. The maximum atomic E-state index is 10.5. The number of hydrogen-bond acceptors (Lipinski definition) is 4. The molecular weight excluding hydrogens is 707 g/mol. The predicted octanol–water partition coefficient (Wildman–Crippen LogP) is 13.5. The Morgan fingerprint density at radius 2 is 1.27 bits per heavy atom. The fourth-order valence-corrected chi connectivity index (χ4v) is 12.3. The molecule has 0 saturated heterocycles. The van der Waals surface area contributed by atoms with Crippen LogP contribution >= 0.6 is 22.7 Å². The van der Waals surface area contributed by atoms with Gasteiger partial charge in [0, 0.05) is 73.6 Å². The van der Waals surface area contributed by atoms with E-state index in [0.717, 1.165) is 22.3 Å². The van der Waals surface area contributed by atoms with Crippen molar-refractivity contribution >= 4 is 84.8 Å². The summed E-state index contributed by atoms with van der Waals surface area (Å²) >= 11 is 3.70. The van der Waals surface area contributed by atoms with Gasteiger partial charge in [-0.15, -0.1) is 22.7 Å². The predicted molar refractivity (Wildman–Crippen MR) is 230 cm³/mol. The van der Waals surface area contributed by atoms with Crippen LogP contribution in [0.5, 0.6) is 0 Å². The van der Waals surface area contributed by atoms with Crippen LogP contribution in [-0.2, 0) is 5.41 Å². The fraction of sp³-hybridized carbons (Fsp3) is 0.0400. The monoisotopic (exact) mass is 733 g/mol. The Bertz CT molecular complexity index is 3480. The molecule has 3 aromatic heterocycles. The van der Waals surface area contributed by atoms with Gasteiger partial charge in [0.05, 0.1) is 34.4 Å². The number of nitrogens with zero attached hydrogens (tertiary/aromatic N) is 3. The van der Waals surface area contributed by atoms with Crippen LogP contribution in [0.3, 0.4) is 0 Å². The number of hydrogen-bond donors (Lipinski definition) is 0. The van der Waals surface area contributed by atoms with E-state index in [1.54, 1.807) is 0 Å². The molecule has 0 fully saturated rings. The number of aromatic nitrogens is 1. The standard InChI is InChI=1S/C50H27N3S2/c51-27-29-17-21-41(53-40-14-6-3-13-37(40)46-42(53)22-20-36-32-10-5-8-16-44(32)55-49(36)46)39(25-29)50(24-23-30(26-50)28-52)47-34-12-2-1-11-33(34)45-38(47)19-18-35-31-9-4-7-15-43(31)54-48(35)45/h1-26,47H. The van der Waals surface area contributed by atoms with Crippen LogP contribution in [0, 0.1) is 22.7 Å². The minimum absolute atomic E-state index is 0.148. The first-order valence-corrected chi connectivity index (χ1v) is 20.0. The van der Waals surface area contributed by atoms with E-state index in [4.69, 9.17) is 0 Å². The number of allylic oxidation sites excluding steroid dienone is 4. The molecule has 55 heavy (non-hydrogen) atoms. The van der Waals surface area contributed by atoms with Gasteiger partial charge in [-0.05, 0) is 70.8 Å². The molecule has 0 N–H and O–H groups in total. The van der Waals surface area contributed by atoms with E-state index >= 15 is 0 Å². The maximum Gasteiger partial charge on any atom is 0.0991 e. The van der Waals surface area contributed by atoms with Crippen LogP contribution in [0.4, 0.5) is 0 Å². The van der Waals surface area contributed by atoms with Gasteiger partial charge in [0.25, 0.3) is 0 Å². The molecule has 2 unspecified atom stereocenters. The topological polar surface area (TPSA) is 52.5 Å². The summed E-state index contributed by atoms with van der Waals surface area (Å²) in [6.07, 6.45) is 6.38. The van der Waals surface area contributed by atoms with Gasteiger partial charge in [0.1, 0.15) is 0 Å². The Hall–Kier alpha value is -6.76. The molecule has 0 radical (unpaired) electrons. The zero-order valence-electron chi connectivity index (χ0n) is 29.2. The summed E-state index contributed by atoms with van der Waals surface area (Å²) in [4.78, 5) is 0. The molecule has 12 rings (SSSR count). The zero-order valence-corrected chi connectivity index (χ0v) is 30.9. The first-order valence-electron chi connectivity index (χ1n) is 18.4. The lowest BCUT2D eigenvalue weighted by molar-refractivity contribution is 0.591. The highest BCUT2D eigenvalue weighted by molar-refractivity contribution is 7.27. The molecule has 10 aromatic rings. The van der Waals surface area contributed by atoms with Gasteiger partial charge in [-0.2, -0.15) is 10.5 Å². The summed E-state index contributed by atoms with van der Waals surface area (Å²) in [7, 11) is 0. The highest BCUT2D eigenvalue weighted by atomic mass is 32.1. The molecular formula is C50H27N3S2. The molecule has 3 heterocycles. The van der Waals surface area contributed by atoms with Crippen LogP contribution in [0.1, 0.15) is 28.2 Å². The third-order valence-corrected chi connectivity index (χ3v) is 14.4. The summed E-state index contributed by atoms with van der Waals surface area (Å²) in [5, 5.41) is 28.4. The molecule has 0 amide bonds. The highest BCUT2D eigenvalue weighted by Gasteiger charge is 2.48. The average molecular weight is 734 g/mol. The number of benzene rings is 7. The zero-order chi connectivity index (χ0) is 36.4. The van der Waals surface area contributed by atoms with Gasteiger partial charge in [-0.25, -0.2) is 0 Å². The Kier molecular flexibility index (Phi) is 6.21. The average Bonchev–Trinajstić information content (AvgIpc) is 4.05. The van der Waals surface area contributed by atoms with Crippen LogP contribution in [-0.4, -0.2) is 4.57 Å². The normalized spacial score (nSPS) is 17.3. The SMILES string of the molecule is N#CC1=CC(c2cc(C#N)ccc2-n2c3ccccc3c3c4sc5ccccc5c4ccc32)(C2c3ccccc3-c3c2ccc2c3sc3ccccc32)C=C1. The number of fused-ring (bicyclic) bond motifs is 14. The summed E-state index contributed by atoms with van der Waals surface area (Å²) < 4.78 is 7.51. The highest BCUT2D eigenvalue weighted by Crippen LogP contribution is 2.60. The summed E-state index contributed by atoms with van der Waals surface area (Å²) in [6, 6.07) is 55.1. The van der Waals surface area contributed by atoms with E-state index < -0.39 is 5.41 Å². The first-order chi connectivity index (χ1) is 27.2. The van der Waals surface area contributed by atoms with Gasteiger partial charge in [-0.3, -0.25) is 0 Å². The van der Waals surface area contributed by atoms with E-state index in [2.05, 4.69) is 162 Å². The maximum absolute atomic E-state index is 10.5.